The van der Waals surface area contributed by atoms with Crippen molar-refractivity contribution in [3.05, 3.63) is 258 Å². The summed E-state index contributed by atoms with van der Waals surface area (Å²) in [6.07, 6.45) is 0. The van der Waals surface area contributed by atoms with E-state index in [9.17, 15) is 0 Å². The lowest BCUT2D eigenvalue weighted by Crippen LogP contribution is -2.23. The lowest BCUT2D eigenvalue weighted by Gasteiger charge is -2.33. The largest absolute Gasteiger partial charge is 0.309 e. The highest BCUT2D eigenvalue weighted by molar-refractivity contribution is 6.22. The van der Waals surface area contributed by atoms with Crippen molar-refractivity contribution in [2.24, 2.45) is 0 Å². The van der Waals surface area contributed by atoms with Gasteiger partial charge in [0.05, 0.1) is 5.69 Å². The first kappa shape index (κ1) is 35.5. The molecule has 0 aromatic heterocycles. The van der Waals surface area contributed by atoms with Crippen LogP contribution >= 0.6 is 0 Å². The summed E-state index contributed by atoms with van der Waals surface area (Å²) >= 11 is 0. The molecule has 0 saturated carbocycles. The Morgan fingerprint density at radius 3 is 1.38 bits per heavy atom. The summed E-state index contributed by atoms with van der Waals surface area (Å²) < 4.78 is 0. The molecule has 1 nitrogen and oxygen atoms in total. The molecule has 0 spiro atoms. The molecule has 0 N–H and O–H groups in total. The van der Waals surface area contributed by atoms with Crippen molar-refractivity contribution >= 4 is 38.6 Å². The number of nitrogens with zero attached hydrogens (tertiary/aromatic N) is 1. The first-order chi connectivity index (χ1) is 30.0. The van der Waals surface area contributed by atoms with E-state index in [0.29, 0.717) is 0 Å². The minimum absolute atomic E-state index is 0.293. The monoisotopic (exact) mass is 777 g/mol. The summed E-state index contributed by atoms with van der Waals surface area (Å²) in [5.41, 5.74) is 18.3. The summed E-state index contributed by atoms with van der Waals surface area (Å²) in [5, 5.41) is 4.94. The van der Waals surface area contributed by atoms with Crippen molar-refractivity contribution in [1.29, 1.82) is 0 Å². The van der Waals surface area contributed by atoms with Gasteiger partial charge in [0.15, 0.2) is 0 Å². The molecule has 10 aromatic carbocycles. The standard InChI is InChI=1S/C60H43N/c1-59(41-22-8-4-9-23-41)54-33-19-17-29-48(54)52-38-43(35-37-55(52)59)61(44-34-36-49-47-28-16-18-32-53(47)60(2,56(49)39-44)42-24-10-5-11-25-42)58-51-31-15-13-27-46(51)45-26-12-14-30-50(45)57(58)40-20-6-3-7-21-40/h3-39H,1-2H3. The number of hydrogen-bond donors (Lipinski definition) is 0. The highest BCUT2D eigenvalue weighted by Gasteiger charge is 2.43. The first-order valence-corrected chi connectivity index (χ1v) is 21.4. The van der Waals surface area contributed by atoms with Gasteiger partial charge in [-0.25, -0.2) is 0 Å². The Morgan fingerprint density at radius 1 is 0.311 bits per heavy atom. The van der Waals surface area contributed by atoms with Gasteiger partial charge in [-0.3, -0.25) is 0 Å². The summed E-state index contributed by atoms with van der Waals surface area (Å²) in [4.78, 5) is 2.58. The first-order valence-electron chi connectivity index (χ1n) is 21.4. The van der Waals surface area contributed by atoms with E-state index in [-0.39, 0.29) is 10.8 Å². The molecule has 2 unspecified atom stereocenters. The van der Waals surface area contributed by atoms with E-state index >= 15 is 0 Å². The van der Waals surface area contributed by atoms with Gasteiger partial charge >= 0.3 is 0 Å². The number of benzene rings is 10. The number of fused-ring (bicyclic) bond motifs is 9. The molecule has 2 atom stereocenters. The molecule has 288 valence electrons. The Hall–Kier alpha value is -7.48. The van der Waals surface area contributed by atoms with Crippen LogP contribution in [0, 0.1) is 0 Å². The zero-order valence-corrected chi connectivity index (χ0v) is 34.3. The molecule has 0 radical (unpaired) electrons. The van der Waals surface area contributed by atoms with Crippen molar-refractivity contribution in [2.75, 3.05) is 4.90 Å². The highest BCUT2D eigenvalue weighted by atomic mass is 15.1. The van der Waals surface area contributed by atoms with Gasteiger partial charge in [0.25, 0.3) is 0 Å². The topological polar surface area (TPSA) is 3.24 Å². The predicted octanol–water partition coefficient (Wildman–Crippen LogP) is 15.8. The SMILES string of the molecule is CC1(c2ccccc2)c2ccccc2-c2cc(N(c3ccc4c(c3)C(C)(c3ccccc3)c3ccccc3-4)c3c(-c4ccccc4)c4ccccc4c4ccccc34)ccc21. The molecule has 12 rings (SSSR count). The van der Waals surface area contributed by atoms with E-state index in [2.05, 4.69) is 243 Å². The van der Waals surface area contributed by atoms with Crippen molar-refractivity contribution in [1.82, 2.24) is 0 Å². The quantitative estimate of drug-likeness (QED) is 0.152. The third kappa shape index (κ3) is 5.08. The van der Waals surface area contributed by atoms with E-state index in [4.69, 9.17) is 0 Å². The lowest BCUT2D eigenvalue weighted by molar-refractivity contribution is 0.713. The van der Waals surface area contributed by atoms with Crippen LogP contribution in [0.2, 0.25) is 0 Å². The van der Waals surface area contributed by atoms with Crippen molar-refractivity contribution in [3.63, 3.8) is 0 Å². The second kappa shape index (κ2) is 13.5. The van der Waals surface area contributed by atoms with Gasteiger partial charge < -0.3 is 4.90 Å². The number of hydrogen-bond acceptors (Lipinski definition) is 1. The maximum atomic E-state index is 2.58. The van der Waals surface area contributed by atoms with Gasteiger partial charge in [0.2, 0.25) is 0 Å². The second-order valence-electron chi connectivity index (χ2n) is 17.0. The molecule has 0 fully saturated rings. The van der Waals surface area contributed by atoms with E-state index in [0.717, 1.165) is 11.4 Å². The van der Waals surface area contributed by atoms with Crippen LogP contribution in [-0.4, -0.2) is 0 Å². The van der Waals surface area contributed by atoms with Gasteiger partial charge in [-0.15, -0.1) is 0 Å². The Labute approximate surface area is 357 Å². The molecule has 1 heteroatoms. The van der Waals surface area contributed by atoms with Crippen LogP contribution in [0.3, 0.4) is 0 Å². The van der Waals surface area contributed by atoms with E-state index in [1.807, 2.05) is 0 Å². The fourth-order valence-corrected chi connectivity index (χ4v) is 11.1. The molecule has 10 aromatic rings. The maximum absolute atomic E-state index is 2.58. The molecule has 0 amide bonds. The molecule has 0 bridgehead atoms. The van der Waals surface area contributed by atoms with Gasteiger partial charge in [-0.2, -0.15) is 0 Å². The molecule has 0 heterocycles. The zero-order valence-electron chi connectivity index (χ0n) is 34.3. The van der Waals surface area contributed by atoms with Crippen LogP contribution in [0.15, 0.2) is 224 Å². The highest BCUT2D eigenvalue weighted by Crippen LogP contribution is 2.58. The molecule has 2 aliphatic rings. The minimum atomic E-state index is -0.350. The second-order valence-corrected chi connectivity index (χ2v) is 17.0. The van der Waals surface area contributed by atoms with Gasteiger partial charge in [0.1, 0.15) is 0 Å². The molecule has 2 aliphatic carbocycles. The van der Waals surface area contributed by atoms with E-state index < -0.39 is 0 Å². The van der Waals surface area contributed by atoms with Crippen LogP contribution in [0.5, 0.6) is 0 Å². The number of anilines is 3. The predicted molar refractivity (Wildman–Crippen MR) is 256 cm³/mol. The number of rotatable bonds is 6. The summed E-state index contributed by atoms with van der Waals surface area (Å²) in [6, 6.07) is 83.6. The fourth-order valence-electron chi connectivity index (χ4n) is 11.1. The summed E-state index contributed by atoms with van der Waals surface area (Å²) in [6.45, 7) is 4.82. The van der Waals surface area contributed by atoms with Gasteiger partial charge in [-0.1, -0.05) is 200 Å². The van der Waals surface area contributed by atoms with Crippen molar-refractivity contribution in [3.8, 4) is 33.4 Å². The van der Waals surface area contributed by atoms with E-state index in [1.165, 1.54) is 94.0 Å². The molecular weight excluding hydrogens is 735 g/mol. The van der Waals surface area contributed by atoms with Crippen LogP contribution in [0.25, 0.3) is 54.9 Å². The Bertz CT molecular complexity index is 3330. The van der Waals surface area contributed by atoms with Crippen molar-refractivity contribution in [2.45, 2.75) is 24.7 Å². The van der Waals surface area contributed by atoms with Crippen LogP contribution in [0.4, 0.5) is 17.1 Å². The Morgan fingerprint density at radius 2 is 0.738 bits per heavy atom. The van der Waals surface area contributed by atoms with Crippen LogP contribution in [0.1, 0.15) is 47.2 Å². The van der Waals surface area contributed by atoms with Crippen LogP contribution < -0.4 is 4.90 Å². The van der Waals surface area contributed by atoms with Gasteiger partial charge in [0, 0.05) is 33.2 Å². The third-order valence-electron chi connectivity index (χ3n) is 14.0. The fraction of sp³-hybridized carbons (Fsp3) is 0.0667. The molecular formula is C60H43N. The maximum Gasteiger partial charge on any atom is 0.0624 e. The third-order valence-corrected chi connectivity index (χ3v) is 14.0. The average molecular weight is 778 g/mol. The molecule has 0 aliphatic heterocycles. The molecule has 0 saturated heterocycles. The van der Waals surface area contributed by atoms with Crippen LogP contribution in [-0.2, 0) is 10.8 Å². The Kier molecular flexibility index (Phi) is 7.86. The summed E-state index contributed by atoms with van der Waals surface area (Å²) in [7, 11) is 0. The normalized spacial score (nSPS) is 17.1. The lowest BCUT2D eigenvalue weighted by atomic mass is 9.74. The van der Waals surface area contributed by atoms with Gasteiger partial charge in [-0.05, 0) is 115 Å². The summed E-state index contributed by atoms with van der Waals surface area (Å²) in [5.74, 6) is 0. The zero-order chi connectivity index (χ0) is 40.7. The van der Waals surface area contributed by atoms with Crippen molar-refractivity contribution < 1.29 is 0 Å². The smallest absolute Gasteiger partial charge is 0.0624 e. The average Bonchev–Trinajstić information content (AvgIpc) is 3.75. The van der Waals surface area contributed by atoms with E-state index in [1.54, 1.807) is 0 Å². The molecule has 61 heavy (non-hydrogen) atoms. The minimum Gasteiger partial charge on any atom is -0.309 e. The Balaban J connectivity index is 1.19.